The highest BCUT2D eigenvalue weighted by atomic mass is 16.2. The molecule has 1 atom stereocenters. The van der Waals surface area contributed by atoms with Gasteiger partial charge in [-0.25, -0.2) is 0 Å². The first-order valence-electron chi connectivity index (χ1n) is 7.37. The van der Waals surface area contributed by atoms with E-state index in [1.807, 2.05) is 4.90 Å². The standard InChI is InChI=1S/C15H21N3O2/c19-13-3-7-16-9-12(13)14(20)18-8-2-5-15(11-18)4-1-6-17-10-15/h3,7,9,17H,1-2,4-6,8,10-11H2,(H,16,19). The molecule has 5 nitrogen and oxygen atoms in total. The van der Waals surface area contributed by atoms with Gasteiger partial charge in [0.2, 0.25) is 0 Å². The molecule has 1 aromatic rings. The van der Waals surface area contributed by atoms with Gasteiger partial charge in [-0.05, 0) is 32.2 Å². The van der Waals surface area contributed by atoms with Crippen LogP contribution in [0.25, 0.3) is 0 Å². The molecule has 2 fully saturated rings. The minimum absolute atomic E-state index is 0.128. The second-order valence-electron chi connectivity index (χ2n) is 6.03. The Bertz CT molecular complexity index is 541. The van der Waals surface area contributed by atoms with E-state index >= 15 is 0 Å². The normalized spacial score (nSPS) is 26.7. The lowest BCUT2D eigenvalue weighted by Crippen LogP contribution is -2.53. The summed E-state index contributed by atoms with van der Waals surface area (Å²) < 4.78 is 0. The highest BCUT2D eigenvalue weighted by Gasteiger charge is 2.38. The van der Waals surface area contributed by atoms with Crippen molar-refractivity contribution in [2.24, 2.45) is 5.41 Å². The molecule has 0 aromatic carbocycles. The van der Waals surface area contributed by atoms with E-state index in [1.54, 1.807) is 6.20 Å². The van der Waals surface area contributed by atoms with Crippen molar-refractivity contribution in [2.75, 3.05) is 26.2 Å². The number of carbonyl (C=O) groups is 1. The number of hydrogen-bond donors (Lipinski definition) is 2. The molecule has 1 aromatic heterocycles. The fourth-order valence-corrected chi connectivity index (χ4v) is 3.51. The van der Waals surface area contributed by atoms with E-state index in [0.29, 0.717) is 0 Å². The van der Waals surface area contributed by atoms with E-state index < -0.39 is 0 Å². The third-order valence-corrected chi connectivity index (χ3v) is 4.56. The van der Waals surface area contributed by atoms with E-state index in [1.165, 1.54) is 31.5 Å². The number of pyridine rings is 1. The topological polar surface area (TPSA) is 65.2 Å². The number of hydrogen-bond acceptors (Lipinski definition) is 3. The summed E-state index contributed by atoms with van der Waals surface area (Å²) in [6.45, 7) is 3.60. The molecule has 3 rings (SSSR count). The van der Waals surface area contributed by atoms with Gasteiger partial charge in [0.15, 0.2) is 5.43 Å². The molecule has 20 heavy (non-hydrogen) atoms. The lowest BCUT2D eigenvalue weighted by Gasteiger charge is -2.45. The minimum Gasteiger partial charge on any atom is -0.367 e. The van der Waals surface area contributed by atoms with Crippen molar-refractivity contribution in [2.45, 2.75) is 25.7 Å². The predicted octanol–water partition coefficient (Wildman–Crippen LogP) is 0.981. The van der Waals surface area contributed by atoms with Crippen molar-refractivity contribution in [1.29, 1.82) is 0 Å². The molecule has 5 heteroatoms. The summed E-state index contributed by atoms with van der Waals surface area (Å²) in [6, 6.07) is 1.41. The molecular weight excluding hydrogens is 254 g/mol. The zero-order valence-electron chi connectivity index (χ0n) is 11.7. The molecule has 2 saturated heterocycles. The van der Waals surface area contributed by atoms with E-state index in [9.17, 15) is 9.59 Å². The number of aromatic amines is 1. The summed E-state index contributed by atoms with van der Waals surface area (Å²) in [5.74, 6) is -0.128. The first kappa shape index (κ1) is 13.4. The van der Waals surface area contributed by atoms with Gasteiger partial charge >= 0.3 is 0 Å². The average molecular weight is 275 g/mol. The predicted molar refractivity (Wildman–Crippen MR) is 76.7 cm³/mol. The number of rotatable bonds is 1. The Morgan fingerprint density at radius 3 is 2.90 bits per heavy atom. The molecule has 0 aliphatic carbocycles. The minimum atomic E-state index is -0.199. The maximum Gasteiger partial charge on any atom is 0.259 e. The van der Waals surface area contributed by atoms with Crippen LogP contribution in [0.15, 0.2) is 23.3 Å². The molecule has 2 aliphatic heterocycles. The van der Waals surface area contributed by atoms with Crippen LogP contribution in [0.2, 0.25) is 0 Å². The number of H-pyrrole nitrogens is 1. The Morgan fingerprint density at radius 1 is 1.30 bits per heavy atom. The molecule has 2 aliphatic rings. The Hall–Kier alpha value is -1.62. The van der Waals surface area contributed by atoms with Gasteiger partial charge in [0.1, 0.15) is 5.56 Å². The van der Waals surface area contributed by atoms with Gasteiger partial charge < -0.3 is 15.2 Å². The summed E-state index contributed by atoms with van der Waals surface area (Å²) in [7, 11) is 0. The quantitative estimate of drug-likeness (QED) is 0.803. The van der Waals surface area contributed by atoms with Gasteiger partial charge in [-0.2, -0.15) is 0 Å². The zero-order valence-corrected chi connectivity index (χ0v) is 11.7. The van der Waals surface area contributed by atoms with E-state index in [0.717, 1.165) is 32.6 Å². The monoisotopic (exact) mass is 275 g/mol. The highest BCUT2D eigenvalue weighted by Crippen LogP contribution is 2.36. The lowest BCUT2D eigenvalue weighted by molar-refractivity contribution is 0.0432. The number of nitrogens with zero attached hydrogens (tertiary/aromatic N) is 1. The molecule has 1 unspecified atom stereocenters. The lowest BCUT2D eigenvalue weighted by atomic mass is 9.74. The van der Waals surface area contributed by atoms with Crippen LogP contribution in [0.1, 0.15) is 36.0 Å². The van der Waals surface area contributed by atoms with Gasteiger partial charge in [0, 0.05) is 43.5 Å². The highest BCUT2D eigenvalue weighted by molar-refractivity contribution is 5.93. The van der Waals surface area contributed by atoms with E-state index in [2.05, 4.69) is 10.3 Å². The summed E-state index contributed by atoms with van der Waals surface area (Å²) in [5, 5.41) is 3.45. The number of amides is 1. The Labute approximate surface area is 118 Å². The second-order valence-corrected chi connectivity index (χ2v) is 6.03. The van der Waals surface area contributed by atoms with Crippen LogP contribution in [0.5, 0.6) is 0 Å². The van der Waals surface area contributed by atoms with Crippen LogP contribution in [0, 0.1) is 5.41 Å². The maximum absolute atomic E-state index is 12.5. The van der Waals surface area contributed by atoms with Gasteiger partial charge in [0.05, 0.1) is 0 Å². The number of carbonyl (C=O) groups excluding carboxylic acids is 1. The van der Waals surface area contributed by atoms with Crippen molar-refractivity contribution in [1.82, 2.24) is 15.2 Å². The van der Waals surface area contributed by atoms with Gasteiger partial charge in [-0.1, -0.05) is 0 Å². The molecule has 108 valence electrons. The molecule has 0 saturated carbocycles. The Balaban J connectivity index is 1.78. The number of nitrogens with one attached hydrogen (secondary N) is 2. The molecule has 0 radical (unpaired) electrons. The van der Waals surface area contributed by atoms with Crippen LogP contribution in [-0.2, 0) is 0 Å². The fraction of sp³-hybridized carbons (Fsp3) is 0.600. The summed E-state index contributed by atoms with van der Waals surface area (Å²) in [6.07, 6.45) is 7.63. The molecule has 1 amide bonds. The molecule has 3 heterocycles. The van der Waals surface area contributed by atoms with Crippen molar-refractivity contribution in [3.63, 3.8) is 0 Å². The zero-order chi connectivity index (χ0) is 14.0. The fourth-order valence-electron chi connectivity index (χ4n) is 3.51. The number of aromatic nitrogens is 1. The van der Waals surface area contributed by atoms with Gasteiger partial charge in [0.25, 0.3) is 5.91 Å². The second kappa shape index (κ2) is 5.40. The van der Waals surface area contributed by atoms with Crippen molar-refractivity contribution in [3.8, 4) is 0 Å². The first-order chi connectivity index (χ1) is 9.70. The van der Waals surface area contributed by atoms with E-state index in [-0.39, 0.29) is 22.3 Å². The maximum atomic E-state index is 12.5. The third kappa shape index (κ3) is 2.50. The van der Waals surface area contributed by atoms with Crippen LogP contribution < -0.4 is 10.7 Å². The summed E-state index contributed by atoms with van der Waals surface area (Å²) >= 11 is 0. The third-order valence-electron chi connectivity index (χ3n) is 4.56. The molecule has 1 spiro atoms. The van der Waals surface area contributed by atoms with Crippen LogP contribution in [0.4, 0.5) is 0 Å². The Morgan fingerprint density at radius 2 is 2.15 bits per heavy atom. The van der Waals surface area contributed by atoms with Gasteiger partial charge in [-0.15, -0.1) is 0 Å². The first-order valence-corrected chi connectivity index (χ1v) is 7.37. The summed E-state index contributed by atoms with van der Waals surface area (Å²) in [4.78, 5) is 29.0. The molecule has 2 N–H and O–H groups in total. The van der Waals surface area contributed by atoms with Crippen molar-refractivity contribution in [3.05, 3.63) is 34.2 Å². The number of likely N-dealkylation sites (tertiary alicyclic amines) is 1. The average Bonchev–Trinajstić information content (AvgIpc) is 2.48. The molecule has 0 bridgehead atoms. The SMILES string of the molecule is O=C(c1c[nH]ccc1=O)N1CCCC2(CCCNC2)C1. The van der Waals surface area contributed by atoms with Crippen LogP contribution in [0.3, 0.4) is 0 Å². The smallest absolute Gasteiger partial charge is 0.259 e. The van der Waals surface area contributed by atoms with E-state index in [4.69, 9.17) is 0 Å². The van der Waals surface area contributed by atoms with Crippen LogP contribution in [-0.4, -0.2) is 42.0 Å². The largest absolute Gasteiger partial charge is 0.367 e. The Kier molecular flexibility index (Phi) is 3.61. The van der Waals surface area contributed by atoms with Crippen molar-refractivity contribution < 1.29 is 4.79 Å². The van der Waals surface area contributed by atoms with Gasteiger partial charge in [-0.3, -0.25) is 9.59 Å². The molecular formula is C15H21N3O2. The summed E-state index contributed by atoms with van der Waals surface area (Å²) in [5.41, 5.74) is 0.275. The van der Waals surface area contributed by atoms with Crippen molar-refractivity contribution >= 4 is 5.91 Å². The number of piperidine rings is 2. The van der Waals surface area contributed by atoms with Crippen LogP contribution >= 0.6 is 0 Å².